The summed E-state index contributed by atoms with van der Waals surface area (Å²) in [7, 11) is 2.03. The maximum absolute atomic E-state index is 12.6. The van der Waals surface area contributed by atoms with Gasteiger partial charge in [-0.15, -0.1) is 0 Å². The predicted molar refractivity (Wildman–Crippen MR) is 86.6 cm³/mol. The molecule has 2 aliphatic heterocycles. The molecule has 0 unspecified atom stereocenters. The summed E-state index contributed by atoms with van der Waals surface area (Å²) in [6, 6.07) is 10.2. The Hall–Kier alpha value is -1.39. The van der Waals surface area contributed by atoms with Gasteiger partial charge in [0.25, 0.3) is 0 Å². The first-order chi connectivity index (χ1) is 10.6. The molecule has 1 N–H and O–H groups in total. The Labute approximate surface area is 132 Å². The molecule has 3 rings (SSSR count). The summed E-state index contributed by atoms with van der Waals surface area (Å²) in [4.78, 5) is 16.7. The molecule has 4 nitrogen and oxygen atoms in total. The molecular formula is C18H26N2O2. The first kappa shape index (κ1) is 15.5. The number of carbonyl (C=O) groups is 1. The van der Waals surface area contributed by atoms with Crippen LogP contribution >= 0.6 is 0 Å². The second kappa shape index (κ2) is 6.39. The predicted octanol–water partition coefficient (Wildman–Crippen LogP) is 1.68. The summed E-state index contributed by atoms with van der Waals surface area (Å²) in [6.45, 7) is 2.36. The fraction of sp³-hybridized carbons (Fsp3) is 0.611. The van der Waals surface area contributed by atoms with E-state index in [4.69, 9.17) is 0 Å². The average molecular weight is 302 g/mol. The normalized spacial score (nSPS) is 25.4. The number of likely N-dealkylation sites (N-methyl/N-ethyl adjacent to an activating group) is 1. The first-order valence-electron chi connectivity index (χ1n) is 8.33. The van der Waals surface area contributed by atoms with E-state index in [0.717, 1.165) is 19.4 Å². The van der Waals surface area contributed by atoms with Gasteiger partial charge in [0.05, 0.1) is 11.6 Å². The van der Waals surface area contributed by atoms with Crippen LogP contribution in [-0.4, -0.2) is 59.1 Å². The van der Waals surface area contributed by atoms with E-state index in [1.807, 2.05) is 30.1 Å². The molecule has 0 radical (unpaired) electrons. The Kier molecular flexibility index (Phi) is 4.50. The Balaban J connectivity index is 1.56. The summed E-state index contributed by atoms with van der Waals surface area (Å²) >= 11 is 0. The second-order valence-corrected chi connectivity index (χ2v) is 6.85. The third kappa shape index (κ3) is 3.33. The quantitative estimate of drug-likeness (QED) is 0.924. The van der Waals surface area contributed by atoms with Crippen LogP contribution in [0.1, 0.15) is 31.2 Å². The fourth-order valence-electron chi connectivity index (χ4n) is 3.73. The number of benzene rings is 1. The molecule has 1 aromatic rings. The lowest BCUT2D eigenvalue weighted by molar-refractivity contribution is -0.139. The van der Waals surface area contributed by atoms with E-state index in [1.165, 1.54) is 5.56 Å². The van der Waals surface area contributed by atoms with Crippen LogP contribution < -0.4 is 0 Å². The highest BCUT2D eigenvalue weighted by Crippen LogP contribution is 2.28. The average Bonchev–Trinajstić information content (AvgIpc) is 2.94. The molecule has 0 saturated carbocycles. The Bertz CT molecular complexity index is 509. The van der Waals surface area contributed by atoms with E-state index < -0.39 is 5.60 Å². The van der Waals surface area contributed by atoms with Gasteiger partial charge in [-0.25, -0.2) is 0 Å². The zero-order chi connectivity index (χ0) is 15.6. The van der Waals surface area contributed by atoms with Crippen molar-refractivity contribution in [1.29, 1.82) is 0 Å². The van der Waals surface area contributed by atoms with Crippen molar-refractivity contribution < 1.29 is 9.90 Å². The van der Waals surface area contributed by atoms with Crippen LogP contribution in [0.3, 0.4) is 0 Å². The molecule has 0 aromatic heterocycles. The van der Waals surface area contributed by atoms with Gasteiger partial charge in [-0.2, -0.15) is 0 Å². The van der Waals surface area contributed by atoms with Crippen molar-refractivity contribution >= 4 is 5.91 Å². The molecule has 4 heteroatoms. The van der Waals surface area contributed by atoms with Crippen LogP contribution in [0, 0.1) is 0 Å². The molecule has 1 atom stereocenters. The van der Waals surface area contributed by atoms with Gasteiger partial charge in [0.2, 0.25) is 5.91 Å². The Morgan fingerprint density at radius 2 is 1.91 bits per heavy atom. The van der Waals surface area contributed by atoms with Crippen LogP contribution in [0.2, 0.25) is 0 Å². The zero-order valence-electron chi connectivity index (χ0n) is 13.4. The molecule has 1 amide bonds. The molecule has 2 aliphatic rings. The molecule has 0 spiro atoms. The molecular weight excluding hydrogens is 276 g/mol. The second-order valence-electron chi connectivity index (χ2n) is 6.85. The van der Waals surface area contributed by atoms with Crippen LogP contribution in [0.15, 0.2) is 30.3 Å². The lowest BCUT2D eigenvalue weighted by Crippen LogP contribution is -2.52. The molecule has 0 bridgehead atoms. The van der Waals surface area contributed by atoms with Crippen molar-refractivity contribution in [1.82, 2.24) is 9.80 Å². The van der Waals surface area contributed by atoms with Crippen molar-refractivity contribution in [3.05, 3.63) is 35.9 Å². The van der Waals surface area contributed by atoms with E-state index in [2.05, 4.69) is 17.0 Å². The van der Waals surface area contributed by atoms with Gasteiger partial charge in [-0.05, 0) is 44.8 Å². The van der Waals surface area contributed by atoms with Gasteiger partial charge in [-0.1, -0.05) is 30.3 Å². The highest BCUT2D eigenvalue weighted by Gasteiger charge is 2.37. The minimum atomic E-state index is -0.667. The molecule has 2 heterocycles. The summed E-state index contributed by atoms with van der Waals surface area (Å²) in [5, 5.41) is 10.8. The third-order valence-corrected chi connectivity index (χ3v) is 5.19. The number of rotatable bonds is 3. The highest BCUT2D eigenvalue weighted by molar-refractivity contribution is 5.82. The van der Waals surface area contributed by atoms with Crippen molar-refractivity contribution in [2.45, 2.75) is 43.7 Å². The van der Waals surface area contributed by atoms with Gasteiger partial charge in [0, 0.05) is 19.5 Å². The Morgan fingerprint density at radius 1 is 1.23 bits per heavy atom. The van der Waals surface area contributed by atoms with Crippen molar-refractivity contribution in [3.63, 3.8) is 0 Å². The maximum Gasteiger partial charge on any atom is 0.239 e. The number of carbonyl (C=O) groups excluding carboxylic acids is 1. The zero-order valence-corrected chi connectivity index (χ0v) is 13.4. The van der Waals surface area contributed by atoms with Crippen molar-refractivity contribution in [3.8, 4) is 0 Å². The van der Waals surface area contributed by atoms with Crippen molar-refractivity contribution in [2.24, 2.45) is 0 Å². The largest absolute Gasteiger partial charge is 0.389 e. The van der Waals surface area contributed by atoms with Crippen molar-refractivity contribution in [2.75, 3.05) is 26.7 Å². The number of nitrogens with zero attached hydrogens (tertiary/aromatic N) is 2. The molecule has 120 valence electrons. The van der Waals surface area contributed by atoms with Gasteiger partial charge in [-0.3, -0.25) is 9.69 Å². The molecule has 0 aliphatic carbocycles. The summed E-state index contributed by atoms with van der Waals surface area (Å²) in [6.07, 6.45) is 4.10. The molecule has 2 saturated heterocycles. The van der Waals surface area contributed by atoms with Crippen LogP contribution in [0.25, 0.3) is 0 Å². The highest BCUT2D eigenvalue weighted by atomic mass is 16.3. The molecule has 22 heavy (non-hydrogen) atoms. The lowest BCUT2D eigenvalue weighted by Gasteiger charge is -2.39. The standard InChI is InChI=1S/C18H26N2O2/c1-19-11-5-8-16(19)17(21)20-12-9-18(22,10-13-20)14-15-6-3-2-4-7-15/h2-4,6-7,16,22H,5,8-14H2,1H3/t16-/m0/s1. The number of hydrogen-bond donors (Lipinski definition) is 1. The van der Waals surface area contributed by atoms with Crippen LogP contribution in [-0.2, 0) is 11.2 Å². The van der Waals surface area contributed by atoms with Gasteiger partial charge < -0.3 is 10.0 Å². The maximum atomic E-state index is 12.6. The fourth-order valence-corrected chi connectivity index (χ4v) is 3.73. The monoisotopic (exact) mass is 302 g/mol. The lowest BCUT2D eigenvalue weighted by atomic mass is 9.85. The smallest absolute Gasteiger partial charge is 0.239 e. The third-order valence-electron chi connectivity index (χ3n) is 5.19. The SMILES string of the molecule is CN1CCC[C@H]1C(=O)N1CCC(O)(Cc2ccccc2)CC1. The summed E-state index contributed by atoms with van der Waals surface area (Å²) in [5.74, 6) is 0.252. The minimum Gasteiger partial charge on any atom is -0.389 e. The first-order valence-corrected chi connectivity index (χ1v) is 8.33. The van der Waals surface area contributed by atoms with Crippen LogP contribution in [0.5, 0.6) is 0 Å². The van der Waals surface area contributed by atoms with E-state index in [-0.39, 0.29) is 11.9 Å². The minimum absolute atomic E-state index is 0.0558. The molecule has 1 aromatic carbocycles. The van der Waals surface area contributed by atoms with E-state index >= 15 is 0 Å². The molecule has 2 fully saturated rings. The number of likely N-dealkylation sites (tertiary alicyclic amines) is 2. The number of amides is 1. The van der Waals surface area contributed by atoms with E-state index in [9.17, 15) is 9.90 Å². The number of aliphatic hydroxyl groups is 1. The van der Waals surface area contributed by atoms with Gasteiger partial charge in [0.15, 0.2) is 0 Å². The van der Waals surface area contributed by atoms with E-state index in [0.29, 0.717) is 32.4 Å². The Morgan fingerprint density at radius 3 is 2.50 bits per heavy atom. The van der Waals surface area contributed by atoms with Gasteiger partial charge >= 0.3 is 0 Å². The topological polar surface area (TPSA) is 43.8 Å². The number of piperidine rings is 1. The van der Waals surface area contributed by atoms with Gasteiger partial charge in [0.1, 0.15) is 0 Å². The van der Waals surface area contributed by atoms with Crippen LogP contribution in [0.4, 0.5) is 0 Å². The van der Waals surface area contributed by atoms with E-state index in [1.54, 1.807) is 0 Å². The summed E-state index contributed by atoms with van der Waals surface area (Å²) in [5.41, 5.74) is 0.500. The summed E-state index contributed by atoms with van der Waals surface area (Å²) < 4.78 is 0. The number of hydrogen-bond acceptors (Lipinski definition) is 3.